The molecule has 1 saturated heterocycles. The first-order valence-electron chi connectivity index (χ1n) is 7.56. The number of piperidine rings is 1. The summed E-state index contributed by atoms with van der Waals surface area (Å²) in [6, 6.07) is 6.76. The molecule has 1 saturated carbocycles. The molecule has 20 heavy (non-hydrogen) atoms. The molecule has 2 heterocycles. The quantitative estimate of drug-likeness (QED) is 0.914. The van der Waals surface area contributed by atoms with Gasteiger partial charge in [0, 0.05) is 23.0 Å². The topological polar surface area (TPSA) is 29.9 Å². The molecule has 0 spiro atoms. The fraction of sp³-hybridized carbons (Fsp3) is 0.562. The first-order chi connectivity index (χ1) is 9.67. The maximum Gasteiger partial charge on any atom is 0.117 e. The van der Waals surface area contributed by atoms with Crippen LogP contribution in [0.1, 0.15) is 44.5 Å². The lowest BCUT2D eigenvalue weighted by Crippen LogP contribution is -2.42. The van der Waals surface area contributed by atoms with Gasteiger partial charge in [-0.05, 0) is 50.4 Å². The van der Waals surface area contributed by atoms with Gasteiger partial charge in [-0.2, -0.15) is 0 Å². The van der Waals surface area contributed by atoms with Crippen LogP contribution >= 0.6 is 11.6 Å². The number of nitrogens with zero attached hydrogens (tertiary/aromatic N) is 2. The van der Waals surface area contributed by atoms with Crippen molar-refractivity contribution < 1.29 is 0 Å². The molecule has 0 amide bonds. The fourth-order valence-corrected chi connectivity index (χ4v) is 3.61. The summed E-state index contributed by atoms with van der Waals surface area (Å²) in [7, 11) is 0. The first kappa shape index (κ1) is 12.7. The van der Waals surface area contributed by atoms with Gasteiger partial charge in [-0.1, -0.05) is 18.5 Å². The molecule has 4 rings (SSSR count). The number of fused-ring (bicyclic) bond motifs is 1. The summed E-state index contributed by atoms with van der Waals surface area (Å²) in [6.07, 6.45) is 5.00. The Morgan fingerprint density at radius 2 is 2.25 bits per heavy atom. The molecule has 106 valence electrons. The van der Waals surface area contributed by atoms with E-state index in [0.717, 1.165) is 23.6 Å². The lowest BCUT2D eigenvalue weighted by atomic mass is 9.82. The van der Waals surface area contributed by atoms with E-state index < -0.39 is 0 Å². The van der Waals surface area contributed by atoms with Gasteiger partial charge in [0.2, 0.25) is 0 Å². The van der Waals surface area contributed by atoms with Crippen LogP contribution in [0.15, 0.2) is 18.2 Å². The van der Waals surface area contributed by atoms with E-state index >= 15 is 0 Å². The summed E-state index contributed by atoms with van der Waals surface area (Å²) in [4.78, 5) is 4.97. The smallest absolute Gasteiger partial charge is 0.117 e. The number of imidazole rings is 1. The van der Waals surface area contributed by atoms with Crippen LogP contribution in [0, 0.1) is 0 Å². The van der Waals surface area contributed by atoms with Gasteiger partial charge in [-0.15, -0.1) is 0 Å². The van der Waals surface area contributed by atoms with Gasteiger partial charge in [0.05, 0.1) is 11.0 Å². The zero-order valence-electron chi connectivity index (χ0n) is 11.8. The Bertz CT molecular complexity index is 651. The molecule has 3 nitrogen and oxygen atoms in total. The van der Waals surface area contributed by atoms with Crippen molar-refractivity contribution in [1.29, 1.82) is 0 Å². The van der Waals surface area contributed by atoms with Gasteiger partial charge < -0.3 is 9.88 Å². The van der Waals surface area contributed by atoms with E-state index in [2.05, 4.69) is 22.9 Å². The van der Waals surface area contributed by atoms with Crippen molar-refractivity contribution in [3.05, 3.63) is 29.0 Å². The summed E-state index contributed by atoms with van der Waals surface area (Å²) >= 11 is 6.13. The highest BCUT2D eigenvalue weighted by molar-refractivity contribution is 6.31. The van der Waals surface area contributed by atoms with E-state index in [4.69, 9.17) is 16.6 Å². The summed E-state index contributed by atoms with van der Waals surface area (Å²) in [5, 5.41) is 4.31. The van der Waals surface area contributed by atoms with Crippen molar-refractivity contribution in [2.45, 2.75) is 44.1 Å². The zero-order valence-corrected chi connectivity index (χ0v) is 12.6. The lowest BCUT2D eigenvalue weighted by Gasteiger charge is -2.34. The average Bonchev–Trinajstić information content (AvgIpc) is 3.20. The minimum absolute atomic E-state index is 0.145. The van der Waals surface area contributed by atoms with Gasteiger partial charge in [0.15, 0.2) is 0 Å². The van der Waals surface area contributed by atoms with Crippen LogP contribution in [-0.4, -0.2) is 22.6 Å². The van der Waals surface area contributed by atoms with Crippen molar-refractivity contribution in [2.75, 3.05) is 13.1 Å². The third-order valence-corrected chi connectivity index (χ3v) is 4.94. The minimum Gasteiger partial charge on any atom is -0.324 e. The molecular formula is C16H20ClN3. The maximum atomic E-state index is 6.13. The van der Waals surface area contributed by atoms with Crippen molar-refractivity contribution in [1.82, 2.24) is 14.9 Å². The number of nitrogens with one attached hydrogen (secondary N) is 1. The Hall–Kier alpha value is -1.06. The molecule has 2 aromatic rings. The number of halogens is 1. The SMILES string of the molecule is CC1(c2nc3cc(Cl)ccc3n2C2CC2)CCCNC1. The molecule has 1 unspecified atom stereocenters. The molecule has 1 aromatic carbocycles. The molecule has 1 atom stereocenters. The maximum absolute atomic E-state index is 6.13. The van der Waals surface area contributed by atoms with Gasteiger partial charge in [0.1, 0.15) is 5.82 Å². The second-order valence-corrected chi connectivity index (χ2v) is 6.95. The van der Waals surface area contributed by atoms with E-state index in [1.165, 1.54) is 37.0 Å². The van der Waals surface area contributed by atoms with Crippen LogP contribution in [0.2, 0.25) is 5.02 Å². The lowest BCUT2D eigenvalue weighted by molar-refractivity contribution is 0.314. The van der Waals surface area contributed by atoms with Crippen LogP contribution in [0.5, 0.6) is 0 Å². The van der Waals surface area contributed by atoms with Crippen LogP contribution < -0.4 is 5.32 Å². The van der Waals surface area contributed by atoms with Gasteiger partial charge in [-0.3, -0.25) is 0 Å². The van der Waals surface area contributed by atoms with E-state index in [1.54, 1.807) is 0 Å². The molecule has 2 fully saturated rings. The van der Waals surface area contributed by atoms with E-state index in [1.807, 2.05) is 12.1 Å². The normalized spacial score (nSPS) is 27.1. The number of benzene rings is 1. The predicted octanol–water partition coefficient (Wildman–Crippen LogP) is 3.67. The summed E-state index contributed by atoms with van der Waals surface area (Å²) < 4.78 is 2.48. The second-order valence-electron chi connectivity index (χ2n) is 6.51. The summed E-state index contributed by atoms with van der Waals surface area (Å²) in [6.45, 7) is 4.50. The van der Waals surface area contributed by atoms with Crippen LogP contribution in [0.3, 0.4) is 0 Å². The first-order valence-corrected chi connectivity index (χ1v) is 7.94. The fourth-order valence-electron chi connectivity index (χ4n) is 3.45. The Balaban J connectivity index is 1.91. The van der Waals surface area contributed by atoms with E-state index in [9.17, 15) is 0 Å². The van der Waals surface area contributed by atoms with E-state index in [-0.39, 0.29) is 5.41 Å². The molecule has 1 N–H and O–H groups in total. The standard InChI is InChI=1S/C16H20ClN3/c1-16(7-2-8-18-10-16)15-19-13-9-11(17)3-6-14(13)20(15)12-4-5-12/h3,6,9,12,18H,2,4-5,7-8,10H2,1H3. The van der Waals surface area contributed by atoms with Crippen LogP contribution in [0.4, 0.5) is 0 Å². The summed E-state index contributed by atoms with van der Waals surface area (Å²) in [5.74, 6) is 1.25. The van der Waals surface area contributed by atoms with Crippen LogP contribution in [-0.2, 0) is 5.41 Å². The molecule has 1 aliphatic heterocycles. The minimum atomic E-state index is 0.145. The van der Waals surface area contributed by atoms with Gasteiger partial charge in [0.25, 0.3) is 0 Å². The van der Waals surface area contributed by atoms with Crippen molar-refractivity contribution in [2.24, 2.45) is 0 Å². The average molecular weight is 290 g/mol. The zero-order chi connectivity index (χ0) is 13.7. The van der Waals surface area contributed by atoms with Gasteiger partial charge in [-0.25, -0.2) is 4.98 Å². The highest BCUT2D eigenvalue weighted by atomic mass is 35.5. The largest absolute Gasteiger partial charge is 0.324 e. The molecule has 4 heteroatoms. The van der Waals surface area contributed by atoms with Crippen molar-refractivity contribution in [3.63, 3.8) is 0 Å². The second kappa shape index (κ2) is 4.47. The number of hydrogen-bond acceptors (Lipinski definition) is 2. The third kappa shape index (κ3) is 1.95. The third-order valence-electron chi connectivity index (χ3n) is 4.70. The van der Waals surface area contributed by atoms with Crippen LogP contribution in [0.25, 0.3) is 11.0 Å². The molecular weight excluding hydrogens is 270 g/mol. The molecule has 2 aliphatic rings. The number of rotatable bonds is 2. The molecule has 1 aromatic heterocycles. The Kier molecular flexibility index (Phi) is 2.83. The Morgan fingerprint density at radius 3 is 2.95 bits per heavy atom. The van der Waals surface area contributed by atoms with Gasteiger partial charge >= 0.3 is 0 Å². The number of aromatic nitrogens is 2. The predicted molar refractivity (Wildman–Crippen MR) is 82.5 cm³/mol. The highest BCUT2D eigenvalue weighted by Gasteiger charge is 2.38. The van der Waals surface area contributed by atoms with E-state index in [0.29, 0.717) is 6.04 Å². The highest BCUT2D eigenvalue weighted by Crippen LogP contribution is 2.43. The number of hydrogen-bond donors (Lipinski definition) is 1. The van der Waals surface area contributed by atoms with Crippen molar-refractivity contribution in [3.8, 4) is 0 Å². The molecule has 1 aliphatic carbocycles. The Morgan fingerprint density at radius 1 is 1.40 bits per heavy atom. The van der Waals surface area contributed by atoms with Crippen molar-refractivity contribution >= 4 is 22.6 Å². The Labute approximate surface area is 124 Å². The molecule has 0 bridgehead atoms. The summed E-state index contributed by atoms with van der Waals surface area (Å²) in [5.41, 5.74) is 2.44. The monoisotopic (exact) mass is 289 g/mol. The molecule has 0 radical (unpaired) electrons.